The van der Waals surface area contributed by atoms with Crippen molar-refractivity contribution in [3.63, 3.8) is 0 Å². The van der Waals surface area contributed by atoms with Gasteiger partial charge in [-0.1, -0.05) is 6.07 Å². The fourth-order valence-corrected chi connectivity index (χ4v) is 1.22. The molecule has 1 rings (SSSR count). The first-order valence-electron chi connectivity index (χ1n) is 4.62. The molecule has 0 spiro atoms. The molecular formula is C11H15NO3. The van der Waals surface area contributed by atoms with Gasteiger partial charge >= 0.3 is 0 Å². The average Bonchev–Trinajstić information content (AvgIpc) is 2.25. The van der Waals surface area contributed by atoms with Crippen LogP contribution in [0.4, 0.5) is 0 Å². The van der Waals surface area contributed by atoms with Crippen LogP contribution in [0.1, 0.15) is 12.5 Å². The van der Waals surface area contributed by atoms with Crippen LogP contribution in [-0.2, 0) is 11.3 Å². The summed E-state index contributed by atoms with van der Waals surface area (Å²) in [6, 6.07) is 5.54. The number of carbonyl (C=O) groups excluding carboxylic acids is 1. The summed E-state index contributed by atoms with van der Waals surface area (Å²) in [5.74, 6) is 1.30. The van der Waals surface area contributed by atoms with Gasteiger partial charge in [0.05, 0.1) is 14.2 Å². The van der Waals surface area contributed by atoms with Gasteiger partial charge in [0, 0.05) is 13.5 Å². The highest BCUT2D eigenvalue weighted by Crippen LogP contribution is 2.27. The van der Waals surface area contributed by atoms with Crippen molar-refractivity contribution in [2.75, 3.05) is 14.2 Å². The van der Waals surface area contributed by atoms with Crippen LogP contribution in [0.2, 0.25) is 0 Å². The van der Waals surface area contributed by atoms with Crippen LogP contribution < -0.4 is 14.8 Å². The lowest BCUT2D eigenvalue weighted by atomic mass is 10.2. The van der Waals surface area contributed by atoms with Crippen molar-refractivity contribution in [1.82, 2.24) is 5.32 Å². The molecule has 0 fully saturated rings. The molecule has 4 heteroatoms. The van der Waals surface area contributed by atoms with Gasteiger partial charge in [-0.2, -0.15) is 0 Å². The normalized spacial score (nSPS) is 9.53. The van der Waals surface area contributed by atoms with Crippen LogP contribution in [0.25, 0.3) is 0 Å². The van der Waals surface area contributed by atoms with E-state index >= 15 is 0 Å². The summed E-state index contributed by atoms with van der Waals surface area (Å²) in [4.78, 5) is 10.7. The van der Waals surface area contributed by atoms with Crippen molar-refractivity contribution < 1.29 is 14.3 Å². The Hall–Kier alpha value is -1.71. The molecule has 1 aromatic rings. The molecule has 0 aliphatic rings. The quantitative estimate of drug-likeness (QED) is 0.814. The van der Waals surface area contributed by atoms with Crippen LogP contribution >= 0.6 is 0 Å². The average molecular weight is 209 g/mol. The van der Waals surface area contributed by atoms with E-state index in [4.69, 9.17) is 9.47 Å². The van der Waals surface area contributed by atoms with Crippen LogP contribution in [0.5, 0.6) is 11.5 Å². The molecule has 0 aromatic heterocycles. The Bertz CT molecular complexity index is 350. The van der Waals surface area contributed by atoms with Crippen molar-refractivity contribution in [2.24, 2.45) is 0 Å². The standard InChI is InChI=1S/C11H15NO3/c1-8(13)12-7-9-4-5-10(14-2)11(6-9)15-3/h4-6H,7H2,1-3H3,(H,12,13). The fraction of sp³-hybridized carbons (Fsp3) is 0.364. The van der Waals surface area contributed by atoms with Gasteiger partial charge in [0.25, 0.3) is 0 Å². The Balaban J connectivity index is 2.78. The van der Waals surface area contributed by atoms with Gasteiger partial charge < -0.3 is 14.8 Å². The summed E-state index contributed by atoms with van der Waals surface area (Å²) in [5, 5.41) is 2.72. The fourth-order valence-electron chi connectivity index (χ4n) is 1.22. The lowest BCUT2D eigenvalue weighted by Gasteiger charge is -2.09. The van der Waals surface area contributed by atoms with Crippen LogP contribution in [0, 0.1) is 0 Å². The maximum absolute atomic E-state index is 10.7. The van der Waals surface area contributed by atoms with Crippen molar-refractivity contribution >= 4 is 5.91 Å². The van der Waals surface area contributed by atoms with E-state index in [-0.39, 0.29) is 5.91 Å². The largest absolute Gasteiger partial charge is 0.493 e. The smallest absolute Gasteiger partial charge is 0.217 e. The summed E-state index contributed by atoms with van der Waals surface area (Å²) in [6.45, 7) is 1.98. The summed E-state index contributed by atoms with van der Waals surface area (Å²) in [5.41, 5.74) is 0.975. The van der Waals surface area contributed by atoms with E-state index in [0.717, 1.165) is 5.56 Å². The van der Waals surface area contributed by atoms with Crippen LogP contribution in [-0.4, -0.2) is 20.1 Å². The maximum Gasteiger partial charge on any atom is 0.217 e. The highest BCUT2D eigenvalue weighted by molar-refractivity contribution is 5.72. The van der Waals surface area contributed by atoms with E-state index in [1.165, 1.54) is 6.92 Å². The Morgan fingerprint density at radius 2 is 1.93 bits per heavy atom. The number of benzene rings is 1. The minimum absolute atomic E-state index is 0.0511. The molecule has 0 radical (unpaired) electrons. The number of amides is 1. The Morgan fingerprint density at radius 1 is 1.27 bits per heavy atom. The molecule has 0 saturated heterocycles. The minimum Gasteiger partial charge on any atom is -0.493 e. The zero-order valence-corrected chi connectivity index (χ0v) is 9.16. The van der Waals surface area contributed by atoms with Crippen molar-refractivity contribution in [3.05, 3.63) is 23.8 Å². The Labute approximate surface area is 89.2 Å². The Morgan fingerprint density at radius 3 is 2.47 bits per heavy atom. The summed E-state index contributed by atoms with van der Waals surface area (Å²) in [6.07, 6.45) is 0. The third-order valence-electron chi connectivity index (χ3n) is 1.99. The van der Waals surface area contributed by atoms with Crippen LogP contribution in [0.3, 0.4) is 0 Å². The SMILES string of the molecule is COc1ccc(CNC(C)=O)cc1OC. The summed E-state index contributed by atoms with van der Waals surface area (Å²) < 4.78 is 10.3. The second-order valence-electron chi connectivity index (χ2n) is 3.10. The predicted molar refractivity (Wildman–Crippen MR) is 57.1 cm³/mol. The van der Waals surface area contributed by atoms with Gasteiger partial charge in [-0.15, -0.1) is 0 Å². The first-order valence-corrected chi connectivity index (χ1v) is 4.62. The van der Waals surface area contributed by atoms with E-state index in [2.05, 4.69) is 5.32 Å². The highest BCUT2D eigenvalue weighted by atomic mass is 16.5. The molecule has 0 aliphatic carbocycles. The molecule has 0 heterocycles. The van der Waals surface area contributed by atoms with E-state index in [1.807, 2.05) is 18.2 Å². The number of hydrogen-bond acceptors (Lipinski definition) is 3. The van der Waals surface area contributed by atoms with E-state index < -0.39 is 0 Å². The predicted octanol–water partition coefficient (Wildman–Crippen LogP) is 1.34. The summed E-state index contributed by atoms with van der Waals surface area (Å²) in [7, 11) is 3.17. The third-order valence-corrected chi connectivity index (χ3v) is 1.99. The number of ether oxygens (including phenoxy) is 2. The first-order chi connectivity index (χ1) is 7.17. The zero-order valence-electron chi connectivity index (χ0n) is 9.16. The number of hydrogen-bond donors (Lipinski definition) is 1. The van der Waals surface area contributed by atoms with Gasteiger partial charge in [-0.05, 0) is 17.7 Å². The molecule has 15 heavy (non-hydrogen) atoms. The summed E-state index contributed by atoms with van der Waals surface area (Å²) >= 11 is 0. The van der Waals surface area contributed by atoms with Gasteiger partial charge in [-0.25, -0.2) is 0 Å². The molecule has 0 unspecified atom stereocenters. The van der Waals surface area contributed by atoms with Gasteiger partial charge in [0.15, 0.2) is 11.5 Å². The third kappa shape index (κ3) is 3.16. The van der Waals surface area contributed by atoms with Crippen LogP contribution in [0.15, 0.2) is 18.2 Å². The van der Waals surface area contributed by atoms with E-state index in [0.29, 0.717) is 18.0 Å². The van der Waals surface area contributed by atoms with Crippen molar-refractivity contribution in [2.45, 2.75) is 13.5 Å². The number of methoxy groups -OCH3 is 2. The number of carbonyl (C=O) groups is 1. The van der Waals surface area contributed by atoms with E-state index in [9.17, 15) is 4.79 Å². The zero-order chi connectivity index (χ0) is 11.3. The molecular weight excluding hydrogens is 194 g/mol. The monoisotopic (exact) mass is 209 g/mol. The molecule has 1 N–H and O–H groups in total. The number of rotatable bonds is 4. The van der Waals surface area contributed by atoms with Crippen molar-refractivity contribution in [1.29, 1.82) is 0 Å². The first kappa shape index (κ1) is 11.4. The maximum atomic E-state index is 10.7. The molecule has 82 valence electrons. The topological polar surface area (TPSA) is 47.6 Å². The molecule has 1 aromatic carbocycles. The molecule has 1 amide bonds. The van der Waals surface area contributed by atoms with Gasteiger partial charge in [-0.3, -0.25) is 4.79 Å². The molecule has 0 aliphatic heterocycles. The molecule has 0 bridgehead atoms. The second kappa shape index (κ2) is 5.24. The Kier molecular flexibility index (Phi) is 3.97. The van der Waals surface area contributed by atoms with Gasteiger partial charge in [0.1, 0.15) is 0 Å². The second-order valence-corrected chi connectivity index (χ2v) is 3.10. The number of nitrogens with one attached hydrogen (secondary N) is 1. The molecule has 4 nitrogen and oxygen atoms in total. The molecule has 0 saturated carbocycles. The van der Waals surface area contributed by atoms with Crippen molar-refractivity contribution in [3.8, 4) is 11.5 Å². The lowest BCUT2D eigenvalue weighted by molar-refractivity contribution is -0.119. The van der Waals surface area contributed by atoms with Gasteiger partial charge in [0.2, 0.25) is 5.91 Å². The minimum atomic E-state index is -0.0511. The lowest BCUT2D eigenvalue weighted by Crippen LogP contribution is -2.18. The molecule has 0 atom stereocenters. The van der Waals surface area contributed by atoms with E-state index in [1.54, 1.807) is 14.2 Å². The highest BCUT2D eigenvalue weighted by Gasteiger charge is 2.04.